The van der Waals surface area contributed by atoms with Crippen LogP contribution in [-0.2, 0) is 28.6 Å². The molecular weight excluding hydrogens is 709 g/mol. The summed E-state index contributed by atoms with van der Waals surface area (Å²) < 4.78 is 16.7. The van der Waals surface area contributed by atoms with Gasteiger partial charge in [-0.25, -0.2) is 0 Å². The fourth-order valence-electron chi connectivity index (χ4n) is 7.60. The minimum Gasteiger partial charge on any atom is -0.462 e. The second kappa shape index (κ2) is 44.0. The minimum atomic E-state index is -0.760. The first-order chi connectivity index (χ1) is 27.8. The molecular formula is C51H98O6. The molecule has 0 aromatic heterocycles. The highest BCUT2D eigenvalue weighted by Crippen LogP contribution is 2.18. The van der Waals surface area contributed by atoms with Gasteiger partial charge in [0.15, 0.2) is 6.10 Å². The molecule has 0 aliphatic rings. The third-order valence-corrected chi connectivity index (χ3v) is 11.8. The lowest BCUT2D eigenvalue weighted by molar-refractivity contribution is -0.167. The molecule has 0 spiro atoms. The Morgan fingerprint density at radius 2 is 0.667 bits per heavy atom. The van der Waals surface area contributed by atoms with Gasteiger partial charge in [0.1, 0.15) is 13.2 Å². The second-order valence-corrected chi connectivity index (χ2v) is 18.2. The fourth-order valence-corrected chi connectivity index (χ4v) is 7.60. The van der Waals surface area contributed by atoms with Gasteiger partial charge >= 0.3 is 17.9 Å². The van der Waals surface area contributed by atoms with E-state index in [0.717, 1.165) is 69.6 Å². The van der Waals surface area contributed by atoms with Gasteiger partial charge in [-0.15, -0.1) is 0 Å². The van der Waals surface area contributed by atoms with E-state index in [4.69, 9.17) is 14.2 Å². The van der Waals surface area contributed by atoms with Crippen LogP contribution < -0.4 is 0 Å². The Bertz CT molecular complexity index is 872. The monoisotopic (exact) mass is 807 g/mol. The standard InChI is InChI=1S/C51H98O6/c1-6-8-9-10-24-31-36-41-49(52)55-44-48(45-56-50(53)42-37-32-27-22-19-18-21-26-30-35-40-47(5)7-2)57-51(54)43-38-33-28-23-17-15-13-11-12-14-16-20-25-29-34-39-46(3)4/h46-48H,6-45H2,1-5H3/t47?,48-/m0/s1. The molecule has 0 N–H and O–H groups in total. The first-order valence-corrected chi connectivity index (χ1v) is 25.3. The number of hydrogen-bond acceptors (Lipinski definition) is 6. The Kier molecular flexibility index (Phi) is 42.7. The maximum absolute atomic E-state index is 12.8. The highest BCUT2D eigenvalue weighted by molar-refractivity contribution is 5.71. The zero-order chi connectivity index (χ0) is 41.9. The molecule has 0 bridgehead atoms. The smallest absolute Gasteiger partial charge is 0.306 e. The van der Waals surface area contributed by atoms with Crippen molar-refractivity contribution in [2.45, 2.75) is 285 Å². The van der Waals surface area contributed by atoms with E-state index >= 15 is 0 Å². The molecule has 0 rings (SSSR count). The van der Waals surface area contributed by atoms with Crippen LogP contribution in [0.5, 0.6) is 0 Å². The number of carbonyl (C=O) groups excluding carboxylic acids is 3. The molecule has 6 nitrogen and oxygen atoms in total. The number of carbonyl (C=O) groups is 3. The average molecular weight is 807 g/mol. The molecule has 2 atom stereocenters. The van der Waals surface area contributed by atoms with Crippen molar-refractivity contribution in [1.82, 2.24) is 0 Å². The number of unbranched alkanes of at least 4 members (excludes halogenated alkanes) is 29. The molecule has 0 aliphatic heterocycles. The van der Waals surface area contributed by atoms with Crippen LogP contribution in [0.1, 0.15) is 279 Å². The molecule has 0 amide bonds. The Hall–Kier alpha value is -1.59. The lowest BCUT2D eigenvalue weighted by Crippen LogP contribution is -2.30. The lowest BCUT2D eigenvalue weighted by Gasteiger charge is -2.18. The average Bonchev–Trinajstić information content (AvgIpc) is 3.19. The number of rotatable bonds is 45. The van der Waals surface area contributed by atoms with Crippen molar-refractivity contribution < 1.29 is 28.6 Å². The molecule has 0 aliphatic carbocycles. The predicted molar refractivity (Wildman–Crippen MR) is 243 cm³/mol. The maximum Gasteiger partial charge on any atom is 0.306 e. The van der Waals surface area contributed by atoms with Gasteiger partial charge in [-0.1, -0.05) is 240 Å². The molecule has 57 heavy (non-hydrogen) atoms. The van der Waals surface area contributed by atoms with Gasteiger partial charge in [0.05, 0.1) is 0 Å². The van der Waals surface area contributed by atoms with Crippen molar-refractivity contribution in [3.8, 4) is 0 Å². The molecule has 6 heteroatoms. The second-order valence-electron chi connectivity index (χ2n) is 18.2. The number of hydrogen-bond donors (Lipinski definition) is 0. The number of esters is 3. The third-order valence-electron chi connectivity index (χ3n) is 11.8. The van der Waals surface area contributed by atoms with E-state index in [9.17, 15) is 14.4 Å². The summed E-state index contributed by atoms with van der Waals surface area (Å²) in [6.07, 6.45) is 43.8. The molecule has 0 saturated heterocycles. The summed E-state index contributed by atoms with van der Waals surface area (Å²) in [7, 11) is 0. The predicted octanol–water partition coefficient (Wildman–Crippen LogP) is 16.1. The largest absolute Gasteiger partial charge is 0.462 e. The molecule has 1 unspecified atom stereocenters. The SMILES string of the molecule is CCCCCCCCCC(=O)OC[C@@H](COC(=O)CCCCCCCCCCCCC(C)CC)OC(=O)CCCCCCCCCCCCCCCCCC(C)C. The van der Waals surface area contributed by atoms with E-state index in [1.165, 1.54) is 167 Å². The van der Waals surface area contributed by atoms with Crippen LogP contribution in [0.25, 0.3) is 0 Å². The van der Waals surface area contributed by atoms with Gasteiger partial charge in [0.25, 0.3) is 0 Å². The Morgan fingerprint density at radius 3 is 1.00 bits per heavy atom. The van der Waals surface area contributed by atoms with Crippen LogP contribution in [0.2, 0.25) is 0 Å². The van der Waals surface area contributed by atoms with Crippen LogP contribution in [-0.4, -0.2) is 37.2 Å². The fraction of sp³-hybridized carbons (Fsp3) is 0.941. The van der Waals surface area contributed by atoms with Crippen molar-refractivity contribution >= 4 is 17.9 Å². The van der Waals surface area contributed by atoms with Gasteiger partial charge in [0, 0.05) is 19.3 Å². The minimum absolute atomic E-state index is 0.0644. The Morgan fingerprint density at radius 1 is 0.368 bits per heavy atom. The number of ether oxygens (including phenoxy) is 3. The normalized spacial score (nSPS) is 12.5. The van der Waals surface area contributed by atoms with Crippen molar-refractivity contribution in [3.63, 3.8) is 0 Å². The van der Waals surface area contributed by atoms with Gasteiger partial charge < -0.3 is 14.2 Å². The summed E-state index contributed by atoms with van der Waals surface area (Å²) in [5, 5.41) is 0. The quantitative estimate of drug-likeness (QED) is 0.0346. The van der Waals surface area contributed by atoms with E-state index in [1.807, 2.05) is 0 Å². The van der Waals surface area contributed by atoms with Crippen molar-refractivity contribution in [2.24, 2.45) is 11.8 Å². The van der Waals surface area contributed by atoms with Crippen molar-refractivity contribution in [2.75, 3.05) is 13.2 Å². The van der Waals surface area contributed by atoms with E-state index in [-0.39, 0.29) is 31.1 Å². The molecule has 338 valence electrons. The molecule has 0 fully saturated rings. The van der Waals surface area contributed by atoms with E-state index in [0.29, 0.717) is 19.3 Å². The Labute approximate surface area is 355 Å². The lowest BCUT2D eigenvalue weighted by atomic mass is 9.99. The molecule has 0 aromatic carbocycles. The Balaban J connectivity index is 4.21. The van der Waals surface area contributed by atoms with E-state index < -0.39 is 6.10 Å². The molecule has 0 heterocycles. The topological polar surface area (TPSA) is 78.9 Å². The van der Waals surface area contributed by atoms with Gasteiger partial charge in [-0.3, -0.25) is 14.4 Å². The van der Waals surface area contributed by atoms with Gasteiger partial charge in [-0.05, 0) is 31.1 Å². The van der Waals surface area contributed by atoms with Crippen molar-refractivity contribution in [3.05, 3.63) is 0 Å². The van der Waals surface area contributed by atoms with Crippen LogP contribution in [0.3, 0.4) is 0 Å². The molecule has 0 radical (unpaired) electrons. The van der Waals surface area contributed by atoms with Crippen molar-refractivity contribution in [1.29, 1.82) is 0 Å². The summed E-state index contributed by atoms with van der Waals surface area (Å²) >= 11 is 0. The zero-order valence-electron chi connectivity index (χ0n) is 39.0. The third kappa shape index (κ3) is 43.8. The van der Waals surface area contributed by atoms with E-state index in [1.54, 1.807) is 0 Å². The molecule has 0 aromatic rings. The highest BCUT2D eigenvalue weighted by Gasteiger charge is 2.19. The summed E-state index contributed by atoms with van der Waals surface area (Å²) in [4.78, 5) is 37.7. The molecule has 0 saturated carbocycles. The van der Waals surface area contributed by atoms with Crippen LogP contribution in [0.4, 0.5) is 0 Å². The van der Waals surface area contributed by atoms with Gasteiger partial charge in [-0.2, -0.15) is 0 Å². The summed E-state index contributed by atoms with van der Waals surface area (Å²) in [6, 6.07) is 0. The van der Waals surface area contributed by atoms with Crippen LogP contribution in [0.15, 0.2) is 0 Å². The van der Waals surface area contributed by atoms with Crippen LogP contribution >= 0.6 is 0 Å². The first-order valence-electron chi connectivity index (χ1n) is 25.3. The summed E-state index contributed by atoms with van der Waals surface area (Å²) in [5.41, 5.74) is 0. The maximum atomic E-state index is 12.8. The first kappa shape index (κ1) is 55.4. The highest BCUT2D eigenvalue weighted by atomic mass is 16.6. The van der Waals surface area contributed by atoms with Crippen LogP contribution in [0, 0.1) is 11.8 Å². The zero-order valence-corrected chi connectivity index (χ0v) is 39.0. The van der Waals surface area contributed by atoms with E-state index in [2.05, 4.69) is 34.6 Å². The summed E-state index contributed by atoms with van der Waals surface area (Å²) in [6.45, 7) is 11.4. The summed E-state index contributed by atoms with van der Waals surface area (Å²) in [5.74, 6) is 0.861. The van der Waals surface area contributed by atoms with Gasteiger partial charge in [0.2, 0.25) is 0 Å².